The van der Waals surface area contributed by atoms with Gasteiger partial charge in [-0.25, -0.2) is 9.97 Å². The quantitative estimate of drug-likeness (QED) is 0.184. The predicted octanol–water partition coefficient (Wildman–Crippen LogP) is 8.97. The monoisotopic (exact) mass is 566 g/mol. The normalized spacial score (nSPS) is 11.1. The molecule has 0 aliphatic rings. The lowest BCUT2D eigenvalue weighted by Crippen LogP contribution is -2.03. The minimum Gasteiger partial charge on any atom is -0.333 e. The summed E-state index contributed by atoms with van der Waals surface area (Å²) >= 11 is 14.2. The molecule has 0 N–H and O–H groups in total. The Morgan fingerprint density at radius 1 is 0.564 bits per heavy atom. The average molecular weight is 568 g/mol. The van der Waals surface area contributed by atoms with E-state index in [2.05, 4.69) is 79.8 Å². The van der Waals surface area contributed by atoms with Gasteiger partial charge < -0.3 is 9.13 Å². The molecule has 0 saturated carbocycles. The molecule has 2 aromatic heterocycles. The van der Waals surface area contributed by atoms with Crippen molar-refractivity contribution in [2.24, 2.45) is 0 Å². The lowest BCUT2D eigenvalue weighted by molar-refractivity contribution is 0.782. The van der Waals surface area contributed by atoms with Crippen LogP contribution in [0.4, 0.5) is 0 Å². The van der Waals surface area contributed by atoms with E-state index in [0.717, 1.165) is 21.2 Å². The summed E-state index contributed by atoms with van der Waals surface area (Å²) in [5, 5.41) is 1.45. The highest BCUT2D eigenvalue weighted by atomic mass is 35.5. The van der Waals surface area contributed by atoms with E-state index in [4.69, 9.17) is 23.2 Å². The van der Waals surface area contributed by atoms with Gasteiger partial charge in [0.05, 0.1) is 25.7 Å². The molecule has 0 fully saturated rings. The molecule has 0 aliphatic carbocycles. The van der Waals surface area contributed by atoms with E-state index in [9.17, 15) is 0 Å². The lowest BCUT2D eigenvalue weighted by Gasteiger charge is -2.19. The number of hydrogen-bond acceptors (Lipinski definition) is 3. The standard InChI is InChI=1S/C32H24Cl2N4S/c33-25-11-7-23(8-12-25)27-3-1-5-31(29(27)19-37-17-15-35-21-37)39-32-6-2-4-28(24-9-13-26(34)14-10-24)30(32)20-38-18-16-36-22-38/h1-18,21-22H,19-20H2. The highest BCUT2D eigenvalue weighted by Gasteiger charge is 2.17. The third-order valence-electron chi connectivity index (χ3n) is 6.60. The van der Waals surface area contributed by atoms with Gasteiger partial charge in [-0.15, -0.1) is 0 Å². The zero-order chi connectivity index (χ0) is 26.6. The van der Waals surface area contributed by atoms with E-state index >= 15 is 0 Å². The summed E-state index contributed by atoms with van der Waals surface area (Å²) < 4.78 is 4.21. The largest absolute Gasteiger partial charge is 0.333 e. The molecule has 4 nitrogen and oxygen atoms in total. The van der Waals surface area contributed by atoms with Crippen molar-refractivity contribution < 1.29 is 0 Å². The van der Waals surface area contributed by atoms with E-state index in [1.165, 1.54) is 32.0 Å². The molecule has 7 heteroatoms. The molecular formula is C32H24Cl2N4S. The molecule has 0 bridgehead atoms. The summed E-state index contributed by atoms with van der Waals surface area (Å²) in [6, 6.07) is 29.1. The number of nitrogens with zero attached hydrogens (tertiary/aromatic N) is 4. The zero-order valence-electron chi connectivity index (χ0n) is 20.9. The summed E-state index contributed by atoms with van der Waals surface area (Å²) in [6.07, 6.45) is 11.3. The molecule has 6 aromatic rings. The second kappa shape index (κ2) is 11.5. The molecule has 0 aliphatic heterocycles. The maximum atomic E-state index is 6.21. The number of hydrogen-bond donors (Lipinski definition) is 0. The van der Waals surface area contributed by atoms with Crippen LogP contribution in [0.1, 0.15) is 11.1 Å². The Bertz CT molecular complexity index is 1550. The van der Waals surface area contributed by atoms with Gasteiger partial charge >= 0.3 is 0 Å². The van der Waals surface area contributed by atoms with Gasteiger partial charge in [0.15, 0.2) is 0 Å². The summed E-state index contributed by atoms with van der Waals surface area (Å²) in [6.45, 7) is 1.41. The van der Waals surface area contributed by atoms with Crippen molar-refractivity contribution in [3.05, 3.63) is 144 Å². The number of imidazole rings is 2. The van der Waals surface area contributed by atoms with E-state index in [1.54, 1.807) is 11.8 Å². The predicted molar refractivity (Wildman–Crippen MR) is 161 cm³/mol. The van der Waals surface area contributed by atoms with E-state index in [0.29, 0.717) is 13.1 Å². The Kier molecular flexibility index (Phi) is 7.55. The average Bonchev–Trinajstić information content (AvgIpc) is 3.66. The van der Waals surface area contributed by atoms with E-state index < -0.39 is 0 Å². The minimum atomic E-state index is 0.703. The van der Waals surface area contributed by atoms with E-state index in [1.807, 2.05) is 61.7 Å². The summed E-state index contributed by atoms with van der Waals surface area (Å²) in [5.41, 5.74) is 7.07. The van der Waals surface area contributed by atoms with Crippen LogP contribution in [0.15, 0.2) is 132 Å². The molecule has 0 spiro atoms. The molecule has 0 radical (unpaired) electrons. The van der Waals surface area contributed by atoms with Gasteiger partial charge in [-0.1, -0.05) is 83.5 Å². The molecular weight excluding hydrogens is 543 g/mol. The van der Waals surface area contributed by atoms with Gasteiger partial charge in [-0.05, 0) is 69.8 Å². The smallest absolute Gasteiger partial charge is 0.0949 e. The minimum absolute atomic E-state index is 0.703. The SMILES string of the molecule is Clc1ccc(-c2cccc(Sc3cccc(-c4ccc(Cl)cc4)c3Cn3ccnc3)c2Cn2ccnc2)cc1. The molecule has 0 saturated heterocycles. The number of aromatic nitrogens is 4. The Hall–Kier alpha value is -3.77. The molecule has 0 unspecified atom stereocenters. The molecule has 4 aromatic carbocycles. The fourth-order valence-corrected chi connectivity index (χ4v) is 6.07. The highest BCUT2D eigenvalue weighted by Crippen LogP contribution is 2.41. The third kappa shape index (κ3) is 5.81. The van der Waals surface area contributed by atoms with Gasteiger partial charge in [0.25, 0.3) is 0 Å². The van der Waals surface area contributed by atoms with Crippen LogP contribution in [-0.2, 0) is 13.1 Å². The fraction of sp³-hybridized carbons (Fsp3) is 0.0625. The third-order valence-corrected chi connectivity index (χ3v) is 8.30. The first-order valence-corrected chi connectivity index (χ1v) is 14.1. The van der Waals surface area contributed by atoms with E-state index in [-0.39, 0.29) is 0 Å². The van der Waals surface area contributed by atoms with Crippen molar-refractivity contribution in [1.82, 2.24) is 19.1 Å². The highest BCUT2D eigenvalue weighted by molar-refractivity contribution is 7.99. The number of halogens is 2. The second-order valence-electron chi connectivity index (χ2n) is 9.15. The van der Waals surface area contributed by atoms with Gasteiger partial charge in [-0.3, -0.25) is 0 Å². The van der Waals surface area contributed by atoms with Crippen LogP contribution in [0.5, 0.6) is 0 Å². The first-order chi connectivity index (χ1) is 19.1. The Morgan fingerprint density at radius 3 is 1.38 bits per heavy atom. The van der Waals surface area contributed by atoms with Gasteiger partial charge in [-0.2, -0.15) is 0 Å². The van der Waals surface area contributed by atoms with Crippen LogP contribution in [0.2, 0.25) is 10.0 Å². The van der Waals surface area contributed by atoms with Gasteiger partial charge in [0.1, 0.15) is 0 Å². The Balaban J connectivity index is 1.47. The molecule has 0 amide bonds. The van der Waals surface area contributed by atoms with Crippen molar-refractivity contribution in [1.29, 1.82) is 0 Å². The maximum Gasteiger partial charge on any atom is 0.0949 e. The maximum absolute atomic E-state index is 6.21. The van der Waals surface area contributed by atoms with Crippen molar-refractivity contribution in [3.63, 3.8) is 0 Å². The molecule has 39 heavy (non-hydrogen) atoms. The van der Waals surface area contributed by atoms with Crippen LogP contribution in [0, 0.1) is 0 Å². The van der Waals surface area contributed by atoms with Crippen molar-refractivity contribution in [3.8, 4) is 22.3 Å². The summed E-state index contributed by atoms with van der Waals surface area (Å²) in [4.78, 5) is 10.9. The van der Waals surface area contributed by atoms with Crippen molar-refractivity contribution in [2.45, 2.75) is 22.9 Å². The summed E-state index contributed by atoms with van der Waals surface area (Å²) in [5.74, 6) is 0. The fourth-order valence-electron chi connectivity index (χ4n) is 4.69. The molecule has 2 heterocycles. The Labute approximate surface area is 241 Å². The van der Waals surface area contributed by atoms with Crippen LogP contribution in [-0.4, -0.2) is 19.1 Å². The second-order valence-corrected chi connectivity index (χ2v) is 11.1. The molecule has 6 rings (SSSR count). The number of benzene rings is 4. The van der Waals surface area contributed by atoms with Crippen LogP contribution >= 0.6 is 35.0 Å². The van der Waals surface area contributed by atoms with Crippen molar-refractivity contribution >= 4 is 35.0 Å². The van der Waals surface area contributed by atoms with Gasteiger partial charge in [0.2, 0.25) is 0 Å². The summed E-state index contributed by atoms with van der Waals surface area (Å²) in [7, 11) is 0. The molecule has 192 valence electrons. The molecule has 0 atom stereocenters. The first kappa shape index (κ1) is 25.5. The number of rotatable bonds is 8. The van der Waals surface area contributed by atoms with Gasteiger partial charge in [0, 0.05) is 44.6 Å². The zero-order valence-corrected chi connectivity index (χ0v) is 23.2. The lowest BCUT2D eigenvalue weighted by atomic mass is 9.99. The van der Waals surface area contributed by atoms with Crippen LogP contribution in [0.25, 0.3) is 22.3 Å². The Morgan fingerprint density at radius 2 is 1.00 bits per heavy atom. The first-order valence-electron chi connectivity index (χ1n) is 12.5. The van der Waals surface area contributed by atoms with Crippen LogP contribution < -0.4 is 0 Å². The van der Waals surface area contributed by atoms with Crippen LogP contribution in [0.3, 0.4) is 0 Å². The topological polar surface area (TPSA) is 35.6 Å². The van der Waals surface area contributed by atoms with Crippen molar-refractivity contribution in [2.75, 3.05) is 0 Å².